The van der Waals surface area contributed by atoms with E-state index in [1.807, 2.05) is 45.0 Å². The first-order valence-electron chi connectivity index (χ1n) is 7.11. The van der Waals surface area contributed by atoms with Crippen molar-refractivity contribution in [1.29, 1.82) is 0 Å². The van der Waals surface area contributed by atoms with Gasteiger partial charge in [0.05, 0.1) is 0 Å². The highest BCUT2D eigenvalue weighted by Gasteiger charge is 2.39. The van der Waals surface area contributed by atoms with Crippen molar-refractivity contribution in [1.82, 2.24) is 0 Å². The zero-order chi connectivity index (χ0) is 16.4. The zero-order valence-corrected chi connectivity index (χ0v) is 15.1. The molecule has 0 N–H and O–H groups in total. The summed E-state index contributed by atoms with van der Waals surface area (Å²) in [5, 5.41) is 0. The first-order valence-corrected chi connectivity index (χ1v) is 8.19. The molecule has 0 heterocycles. The highest BCUT2D eigenvalue weighted by molar-refractivity contribution is 14.1. The van der Waals surface area contributed by atoms with Crippen LogP contribution in [0.4, 0.5) is 0 Å². The smallest absolute Gasteiger partial charge is 0.320 e. The molecule has 0 spiro atoms. The second kappa shape index (κ2) is 6.36. The van der Waals surface area contributed by atoms with Crippen molar-refractivity contribution in [2.45, 2.75) is 32.8 Å². The fraction of sp³-hybridized carbons (Fsp3) is 0.333. The van der Waals surface area contributed by atoms with Crippen LogP contribution in [0.5, 0.6) is 0 Å². The maximum absolute atomic E-state index is 12.7. The number of hydrogen-bond acceptors (Lipinski definition) is 3. The molecule has 116 valence electrons. The average Bonchev–Trinajstić information content (AvgIpc) is 2.42. The van der Waals surface area contributed by atoms with Crippen LogP contribution in [0.2, 0.25) is 0 Å². The highest BCUT2D eigenvalue weighted by atomic mass is 127. The molecule has 1 aliphatic rings. The monoisotopic (exact) mass is 410 g/mol. The number of ether oxygens (including phenoxy) is 1. The summed E-state index contributed by atoms with van der Waals surface area (Å²) in [5.74, 6) is -0.443. The van der Waals surface area contributed by atoms with Crippen LogP contribution < -0.4 is 0 Å². The number of allylic oxidation sites excluding steroid dienone is 2. The standard InChI is InChI=1S/C18H19IO3/c1-17(2,3)22-16(21)18(10-8-14(20)9-11-18)12-13-6-4-5-7-15(13)19/h4-11H,12H2,1-3H3. The van der Waals surface area contributed by atoms with Gasteiger partial charge in [0.25, 0.3) is 0 Å². The van der Waals surface area contributed by atoms with E-state index in [0.29, 0.717) is 6.42 Å². The summed E-state index contributed by atoms with van der Waals surface area (Å²) in [5.41, 5.74) is -0.447. The highest BCUT2D eigenvalue weighted by Crippen LogP contribution is 2.34. The van der Waals surface area contributed by atoms with E-state index in [2.05, 4.69) is 22.6 Å². The molecule has 2 rings (SSSR count). The summed E-state index contributed by atoms with van der Waals surface area (Å²) in [6, 6.07) is 7.90. The molecule has 3 nitrogen and oxygen atoms in total. The van der Waals surface area contributed by atoms with E-state index in [4.69, 9.17) is 4.74 Å². The Morgan fingerprint density at radius 3 is 2.32 bits per heavy atom. The second-order valence-corrected chi connectivity index (χ2v) is 7.54. The van der Waals surface area contributed by atoms with E-state index in [0.717, 1.165) is 9.13 Å². The number of carbonyl (C=O) groups is 2. The lowest BCUT2D eigenvalue weighted by molar-refractivity contribution is -0.162. The molecular formula is C18H19IO3. The van der Waals surface area contributed by atoms with Gasteiger partial charge in [0.15, 0.2) is 5.78 Å². The van der Waals surface area contributed by atoms with Crippen LogP contribution in [0.15, 0.2) is 48.6 Å². The van der Waals surface area contributed by atoms with Gasteiger partial charge in [-0.3, -0.25) is 9.59 Å². The molecule has 22 heavy (non-hydrogen) atoms. The van der Waals surface area contributed by atoms with Crippen molar-refractivity contribution < 1.29 is 14.3 Å². The van der Waals surface area contributed by atoms with Crippen LogP contribution in [0.1, 0.15) is 26.3 Å². The Hall–Kier alpha value is -1.43. The molecule has 0 bridgehead atoms. The Morgan fingerprint density at radius 1 is 1.18 bits per heavy atom. The average molecular weight is 410 g/mol. The van der Waals surface area contributed by atoms with Crippen molar-refractivity contribution >= 4 is 34.3 Å². The normalized spacial score (nSPS) is 16.6. The zero-order valence-electron chi connectivity index (χ0n) is 12.9. The maximum atomic E-state index is 12.7. The lowest BCUT2D eigenvalue weighted by atomic mass is 9.78. The van der Waals surface area contributed by atoms with Gasteiger partial charge in [-0.25, -0.2) is 0 Å². The predicted octanol–water partition coefficient (Wildman–Crippen LogP) is 3.86. The molecule has 4 heteroatoms. The molecule has 1 aliphatic carbocycles. The van der Waals surface area contributed by atoms with Crippen LogP contribution in [0.25, 0.3) is 0 Å². The number of benzene rings is 1. The summed E-state index contributed by atoms with van der Waals surface area (Å²) in [6.07, 6.45) is 6.68. The molecule has 0 atom stereocenters. The Balaban J connectivity index is 2.37. The molecule has 0 fully saturated rings. The van der Waals surface area contributed by atoms with E-state index in [1.165, 1.54) is 12.2 Å². The molecule has 0 unspecified atom stereocenters. The first-order chi connectivity index (χ1) is 10.2. The van der Waals surface area contributed by atoms with Crippen molar-refractivity contribution in [2.24, 2.45) is 5.41 Å². The van der Waals surface area contributed by atoms with Crippen LogP contribution in [-0.4, -0.2) is 17.4 Å². The van der Waals surface area contributed by atoms with Crippen LogP contribution in [0, 0.1) is 8.99 Å². The van der Waals surface area contributed by atoms with Crippen molar-refractivity contribution in [2.75, 3.05) is 0 Å². The summed E-state index contributed by atoms with van der Waals surface area (Å²) in [4.78, 5) is 24.2. The predicted molar refractivity (Wildman–Crippen MR) is 94.4 cm³/mol. The third kappa shape index (κ3) is 4.06. The topological polar surface area (TPSA) is 43.4 Å². The molecular weight excluding hydrogens is 391 g/mol. The Bertz CT molecular complexity index is 635. The summed E-state index contributed by atoms with van der Waals surface area (Å²) in [7, 11) is 0. The lowest BCUT2D eigenvalue weighted by Gasteiger charge is -2.31. The molecule has 0 radical (unpaired) electrons. The van der Waals surface area contributed by atoms with Crippen LogP contribution in [-0.2, 0) is 20.7 Å². The minimum Gasteiger partial charge on any atom is -0.459 e. The van der Waals surface area contributed by atoms with Gasteiger partial charge < -0.3 is 4.74 Å². The van der Waals surface area contributed by atoms with Gasteiger partial charge in [-0.2, -0.15) is 0 Å². The molecule has 0 aromatic heterocycles. The summed E-state index contributed by atoms with van der Waals surface area (Å²) >= 11 is 2.25. The summed E-state index contributed by atoms with van der Waals surface area (Å²) in [6.45, 7) is 5.52. The number of rotatable bonds is 3. The van der Waals surface area contributed by atoms with Gasteiger partial charge in [-0.05, 0) is 73.6 Å². The number of carbonyl (C=O) groups excluding carboxylic acids is 2. The third-order valence-electron chi connectivity index (χ3n) is 3.31. The Kier molecular flexibility index (Phi) is 4.90. The SMILES string of the molecule is CC(C)(C)OC(=O)C1(Cc2ccccc2I)C=CC(=O)C=C1. The first kappa shape index (κ1) is 16.9. The number of halogens is 1. The molecule has 1 aromatic carbocycles. The molecule has 1 aromatic rings. The van der Waals surface area contributed by atoms with Gasteiger partial charge >= 0.3 is 5.97 Å². The lowest BCUT2D eigenvalue weighted by Crippen LogP contribution is -2.38. The van der Waals surface area contributed by atoms with Gasteiger partial charge in [-0.15, -0.1) is 0 Å². The Labute approximate surface area is 144 Å². The fourth-order valence-corrected chi connectivity index (χ4v) is 2.81. The number of hydrogen-bond donors (Lipinski definition) is 0. The Morgan fingerprint density at radius 2 is 1.77 bits per heavy atom. The van der Waals surface area contributed by atoms with E-state index in [9.17, 15) is 9.59 Å². The summed E-state index contributed by atoms with van der Waals surface area (Å²) < 4.78 is 6.66. The van der Waals surface area contributed by atoms with E-state index < -0.39 is 11.0 Å². The maximum Gasteiger partial charge on any atom is 0.320 e. The minimum absolute atomic E-state index is 0.109. The van der Waals surface area contributed by atoms with Gasteiger partial charge in [0, 0.05) is 3.57 Å². The minimum atomic E-state index is -0.928. The largest absolute Gasteiger partial charge is 0.459 e. The molecule has 0 saturated carbocycles. The fourth-order valence-electron chi connectivity index (χ4n) is 2.23. The molecule has 0 saturated heterocycles. The molecule has 0 amide bonds. The third-order valence-corrected chi connectivity index (χ3v) is 4.36. The second-order valence-electron chi connectivity index (χ2n) is 6.38. The van der Waals surface area contributed by atoms with E-state index >= 15 is 0 Å². The van der Waals surface area contributed by atoms with E-state index in [1.54, 1.807) is 12.2 Å². The quantitative estimate of drug-likeness (QED) is 0.562. The van der Waals surface area contributed by atoms with Gasteiger partial charge in [-0.1, -0.05) is 30.4 Å². The van der Waals surface area contributed by atoms with Crippen LogP contribution >= 0.6 is 22.6 Å². The van der Waals surface area contributed by atoms with Crippen molar-refractivity contribution in [3.63, 3.8) is 0 Å². The van der Waals surface area contributed by atoms with Crippen LogP contribution in [0.3, 0.4) is 0 Å². The van der Waals surface area contributed by atoms with Crippen molar-refractivity contribution in [3.8, 4) is 0 Å². The van der Waals surface area contributed by atoms with Crippen molar-refractivity contribution in [3.05, 3.63) is 57.7 Å². The van der Waals surface area contributed by atoms with Gasteiger partial charge in [0.1, 0.15) is 11.0 Å². The number of esters is 1. The number of ketones is 1. The molecule has 0 aliphatic heterocycles. The van der Waals surface area contributed by atoms with Gasteiger partial charge in [0.2, 0.25) is 0 Å². The van der Waals surface area contributed by atoms with E-state index in [-0.39, 0.29) is 11.8 Å².